The quantitative estimate of drug-likeness (QED) is 0.284. The number of aliphatic hydroxyl groups excluding tert-OH is 1. The maximum Gasteiger partial charge on any atom is 0.349 e. The van der Waals surface area contributed by atoms with Crippen LogP contribution in [0.2, 0.25) is 0 Å². The van der Waals surface area contributed by atoms with Gasteiger partial charge in [0.1, 0.15) is 13.1 Å². The third-order valence-corrected chi connectivity index (χ3v) is 8.25. The summed E-state index contributed by atoms with van der Waals surface area (Å²) in [5, 5.41) is 24.1. The second-order valence-corrected chi connectivity index (χ2v) is 9.87. The Hall–Kier alpha value is -1.000. The second-order valence-electron chi connectivity index (χ2n) is 7.98. The predicted octanol–water partition coefficient (Wildman–Crippen LogP) is -0.789. The van der Waals surface area contributed by atoms with E-state index in [0.717, 1.165) is 43.5 Å². The maximum absolute atomic E-state index is 13.3. The average Bonchev–Trinajstić information content (AvgIpc) is 3.46. The van der Waals surface area contributed by atoms with Crippen LogP contribution >= 0.6 is 22.7 Å². The first-order chi connectivity index (χ1) is 14.1. The molecular formula is C21H28ClNO5S2. The fourth-order valence-corrected chi connectivity index (χ4v) is 6.32. The summed E-state index contributed by atoms with van der Waals surface area (Å²) in [5.74, 6) is -0.218. The summed E-state index contributed by atoms with van der Waals surface area (Å²) in [7, 11) is 0. The van der Waals surface area contributed by atoms with Crippen molar-refractivity contribution in [3.05, 3.63) is 44.8 Å². The number of aliphatic hydroxyl groups is 2. The number of hydrogen-bond acceptors (Lipinski definition) is 7. The van der Waals surface area contributed by atoms with Crippen LogP contribution in [0.5, 0.6) is 0 Å². The lowest BCUT2D eigenvalue weighted by Crippen LogP contribution is -3.00. The van der Waals surface area contributed by atoms with Gasteiger partial charge in [0.2, 0.25) is 5.60 Å². The molecule has 0 spiro atoms. The van der Waals surface area contributed by atoms with E-state index >= 15 is 0 Å². The van der Waals surface area contributed by atoms with E-state index in [1.54, 1.807) is 12.1 Å². The molecule has 0 aromatic carbocycles. The molecule has 1 atom stereocenters. The molecule has 6 nitrogen and oxygen atoms in total. The van der Waals surface area contributed by atoms with Crippen LogP contribution in [0.25, 0.3) is 0 Å². The predicted molar refractivity (Wildman–Crippen MR) is 112 cm³/mol. The van der Waals surface area contributed by atoms with Crippen molar-refractivity contribution in [3.63, 3.8) is 0 Å². The van der Waals surface area contributed by atoms with E-state index in [0.29, 0.717) is 28.9 Å². The van der Waals surface area contributed by atoms with E-state index in [1.807, 2.05) is 22.9 Å². The summed E-state index contributed by atoms with van der Waals surface area (Å²) in [6.45, 7) is 4.76. The Morgan fingerprint density at radius 2 is 1.77 bits per heavy atom. The van der Waals surface area contributed by atoms with Gasteiger partial charge in [-0.25, -0.2) is 4.79 Å². The minimum Gasteiger partial charge on any atom is -1.00 e. The highest BCUT2D eigenvalue weighted by Crippen LogP contribution is 2.40. The van der Waals surface area contributed by atoms with Crippen molar-refractivity contribution in [3.8, 4) is 0 Å². The minimum absolute atomic E-state index is 0. The number of carbonyl (C=O) groups is 1. The molecule has 2 aromatic rings. The Bertz CT molecular complexity index is 756. The van der Waals surface area contributed by atoms with Gasteiger partial charge in [0.25, 0.3) is 0 Å². The number of rotatable bonds is 9. The van der Waals surface area contributed by atoms with Crippen molar-refractivity contribution in [1.29, 1.82) is 0 Å². The first-order valence-electron chi connectivity index (χ1n) is 10.1. The van der Waals surface area contributed by atoms with Crippen LogP contribution in [-0.4, -0.2) is 72.8 Å². The largest absolute Gasteiger partial charge is 1.00 e. The fourth-order valence-electron chi connectivity index (χ4n) is 4.61. The SMILES string of the molecule is O=C(O[C@H]1C[N+]2(CCOCCO)CCC1CC2)C(O)(c1cccs1)c1cccs1.[Cl-]. The molecule has 3 aliphatic rings. The van der Waals surface area contributed by atoms with Gasteiger partial charge in [-0.1, -0.05) is 12.1 Å². The van der Waals surface area contributed by atoms with Crippen LogP contribution in [0.15, 0.2) is 35.0 Å². The van der Waals surface area contributed by atoms with E-state index in [9.17, 15) is 9.90 Å². The number of carbonyl (C=O) groups excluding carboxylic acids is 1. The first-order valence-corrected chi connectivity index (χ1v) is 11.9. The molecule has 5 heterocycles. The molecule has 2 N–H and O–H groups in total. The molecule has 0 radical (unpaired) electrons. The number of thiophene rings is 2. The highest BCUT2D eigenvalue weighted by Gasteiger charge is 2.51. The number of esters is 1. The number of halogens is 1. The zero-order chi connectivity index (χ0) is 20.3. The van der Waals surface area contributed by atoms with Gasteiger partial charge in [-0.05, 0) is 22.9 Å². The van der Waals surface area contributed by atoms with Gasteiger partial charge in [-0.15, -0.1) is 22.7 Å². The Labute approximate surface area is 191 Å². The molecule has 0 unspecified atom stereocenters. The molecular weight excluding hydrogens is 446 g/mol. The lowest BCUT2D eigenvalue weighted by atomic mass is 9.83. The van der Waals surface area contributed by atoms with E-state index < -0.39 is 11.6 Å². The molecule has 9 heteroatoms. The Balaban J connectivity index is 0.00000256. The molecule has 0 saturated carbocycles. The second kappa shape index (κ2) is 10.1. The van der Waals surface area contributed by atoms with Crippen molar-refractivity contribution < 1.29 is 41.4 Å². The standard InChI is InChI=1S/C21H28NO5S2.ClH/c23-10-12-26-11-9-22-7-5-16(6-8-22)17(15-22)27-20(24)21(25,18-3-1-13-28-18)19-4-2-14-29-19;/h1-4,13-14,16-17,23,25H,5-12,15H2;1H/q+1;/p-1/t16?,17-,22?;/m0./s1. The molecule has 3 saturated heterocycles. The van der Waals surface area contributed by atoms with Gasteiger partial charge in [0.05, 0.1) is 42.7 Å². The van der Waals surface area contributed by atoms with Gasteiger partial charge in [0.15, 0.2) is 6.10 Å². The zero-order valence-corrected chi connectivity index (χ0v) is 19.1. The van der Waals surface area contributed by atoms with E-state index in [4.69, 9.17) is 14.6 Å². The number of hydrogen-bond donors (Lipinski definition) is 2. The molecule has 0 amide bonds. The Morgan fingerprint density at radius 3 is 2.30 bits per heavy atom. The lowest BCUT2D eigenvalue weighted by molar-refractivity contribution is -0.946. The lowest BCUT2D eigenvalue weighted by Gasteiger charge is -2.52. The number of quaternary nitrogens is 1. The van der Waals surface area contributed by atoms with Crippen LogP contribution in [0, 0.1) is 5.92 Å². The summed E-state index contributed by atoms with van der Waals surface area (Å²) in [6, 6.07) is 7.25. The summed E-state index contributed by atoms with van der Waals surface area (Å²) in [6.07, 6.45) is 1.86. The third-order valence-electron chi connectivity index (χ3n) is 6.30. The van der Waals surface area contributed by atoms with Gasteiger partial charge >= 0.3 is 5.97 Å². The number of fused-ring (bicyclic) bond motifs is 3. The Kier molecular flexibility index (Phi) is 7.95. The summed E-state index contributed by atoms with van der Waals surface area (Å²) >= 11 is 2.73. The fraction of sp³-hybridized carbons (Fsp3) is 0.571. The zero-order valence-electron chi connectivity index (χ0n) is 16.7. The number of nitrogens with zero attached hydrogens (tertiary/aromatic N) is 1. The van der Waals surface area contributed by atoms with Gasteiger partial charge in [-0.2, -0.15) is 0 Å². The van der Waals surface area contributed by atoms with Crippen molar-refractivity contribution >= 4 is 28.6 Å². The maximum atomic E-state index is 13.3. The molecule has 30 heavy (non-hydrogen) atoms. The monoisotopic (exact) mass is 473 g/mol. The molecule has 2 bridgehead atoms. The molecule has 166 valence electrons. The van der Waals surface area contributed by atoms with Crippen molar-refractivity contribution in [2.75, 3.05) is 46.0 Å². The summed E-state index contributed by atoms with van der Waals surface area (Å²) < 4.78 is 12.4. The molecule has 0 aliphatic carbocycles. The summed E-state index contributed by atoms with van der Waals surface area (Å²) in [4.78, 5) is 14.5. The van der Waals surface area contributed by atoms with Crippen LogP contribution in [0.4, 0.5) is 0 Å². The number of ether oxygens (including phenoxy) is 2. The average molecular weight is 474 g/mol. The number of piperidine rings is 3. The van der Waals surface area contributed by atoms with Gasteiger partial charge < -0.3 is 36.6 Å². The van der Waals surface area contributed by atoms with Crippen LogP contribution < -0.4 is 12.4 Å². The summed E-state index contributed by atoms with van der Waals surface area (Å²) in [5.41, 5.74) is -1.75. The molecule has 2 aromatic heterocycles. The highest BCUT2D eigenvalue weighted by atomic mass is 35.5. The van der Waals surface area contributed by atoms with E-state index in [2.05, 4.69) is 0 Å². The van der Waals surface area contributed by atoms with Crippen LogP contribution in [0.1, 0.15) is 22.6 Å². The molecule has 3 aliphatic heterocycles. The van der Waals surface area contributed by atoms with Crippen LogP contribution in [-0.2, 0) is 19.9 Å². The first kappa shape index (κ1) is 23.7. The van der Waals surface area contributed by atoms with Crippen LogP contribution in [0.3, 0.4) is 0 Å². The minimum atomic E-state index is -1.75. The normalized spacial score (nSPS) is 25.7. The van der Waals surface area contributed by atoms with Crippen molar-refractivity contribution in [2.45, 2.75) is 24.5 Å². The van der Waals surface area contributed by atoms with E-state index in [1.165, 1.54) is 22.7 Å². The highest BCUT2D eigenvalue weighted by molar-refractivity contribution is 7.12. The third kappa shape index (κ3) is 4.60. The van der Waals surface area contributed by atoms with Crippen molar-refractivity contribution in [1.82, 2.24) is 0 Å². The molecule has 3 fully saturated rings. The van der Waals surface area contributed by atoms with Gasteiger partial charge in [0, 0.05) is 18.8 Å². The molecule has 5 rings (SSSR count). The van der Waals surface area contributed by atoms with Crippen molar-refractivity contribution in [2.24, 2.45) is 5.92 Å². The van der Waals surface area contributed by atoms with Gasteiger partial charge in [-0.3, -0.25) is 0 Å². The topological polar surface area (TPSA) is 76.0 Å². The van der Waals surface area contributed by atoms with E-state index in [-0.39, 0.29) is 25.1 Å². The Morgan fingerprint density at radius 1 is 1.13 bits per heavy atom. The smallest absolute Gasteiger partial charge is 0.349 e.